The third kappa shape index (κ3) is 8.33. The van der Waals surface area contributed by atoms with Crippen LogP contribution in [0.3, 0.4) is 0 Å². The molecule has 2 aromatic rings. The van der Waals surface area contributed by atoms with Crippen LogP contribution < -0.4 is 15.1 Å². The Labute approximate surface area is 280 Å². The largest absolute Gasteiger partial charge is 0.465 e. The van der Waals surface area contributed by atoms with Gasteiger partial charge in [0.25, 0.3) is 0 Å². The Balaban J connectivity index is 1.62. The van der Waals surface area contributed by atoms with Gasteiger partial charge in [-0.1, -0.05) is 27.7 Å². The quantitative estimate of drug-likeness (QED) is 0.153. The normalized spacial score (nSPS) is 24.8. The molecule has 4 heterocycles. The molecule has 0 aromatic carbocycles. The van der Waals surface area contributed by atoms with Crippen LogP contribution in [0, 0.1) is 18.8 Å². The number of morpholine rings is 1. The highest BCUT2D eigenvalue weighted by Gasteiger charge is 2.54. The number of aliphatic hydroxyl groups is 2. The van der Waals surface area contributed by atoms with Gasteiger partial charge in [0.05, 0.1) is 39.4 Å². The zero-order valence-electron chi connectivity index (χ0n) is 28.9. The highest BCUT2D eigenvalue weighted by Crippen LogP contribution is 2.45. The third-order valence-corrected chi connectivity index (χ3v) is 10.0. The number of hydrogen-bond acceptors (Lipinski definition) is 14. The first-order chi connectivity index (χ1) is 22.6. The standard InChI is InChI=1S/C30H50N7O10P/c1-9-44-27(39)21(17(3)4)34-48(42,35-22(18(5)6)28(40)45-10-2)46-15-20-24(38)30(8,41)29(47-20)37-16-31-23-25(32-19(7)33-26(23)37)36-11-13-43-14-12-36/h16-18,20-22,24,29,38,41H,9-15H2,1-8H3,(H2,34,35,42)/t20-,21+,22+,24+,29-,30?/m1/s1. The third-order valence-electron chi connectivity index (χ3n) is 8.29. The molecule has 270 valence electrons. The summed E-state index contributed by atoms with van der Waals surface area (Å²) in [4.78, 5) is 41.5. The van der Waals surface area contributed by atoms with Gasteiger partial charge in [-0.2, -0.15) is 0 Å². The van der Waals surface area contributed by atoms with Crippen molar-refractivity contribution >= 4 is 36.6 Å². The average molecular weight is 700 g/mol. The predicted octanol–water partition coefficient (Wildman–Crippen LogP) is 1.46. The summed E-state index contributed by atoms with van der Waals surface area (Å²) in [5.41, 5.74) is -0.992. The van der Waals surface area contributed by atoms with Crippen molar-refractivity contribution in [1.82, 2.24) is 29.7 Å². The molecule has 1 unspecified atom stereocenters. The van der Waals surface area contributed by atoms with Gasteiger partial charge in [-0.15, -0.1) is 0 Å². The molecule has 4 rings (SSSR count). The Morgan fingerprint density at radius 1 is 1.06 bits per heavy atom. The molecule has 17 nitrogen and oxygen atoms in total. The van der Waals surface area contributed by atoms with E-state index >= 15 is 0 Å². The molecule has 2 aliphatic heterocycles. The summed E-state index contributed by atoms with van der Waals surface area (Å²) in [6.07, 6.45) is -2.44. The highest BCUT2D eigenvalue weighted by atomic mass is 31.2. The van der Waals surface area contributed by atoms with Crippen molar-refractivity contribution in [2.75, 3.05) is 51.0 Å². The Morgan fingerprint density at radius 2 is 1.62 bits per heavy atom. The monoisotopic (exact) mass is 699 g/mol. The lowest BCUT2D eigenvalue weighted by atomic mass is 9.96. The number of nitrogens with zero attached hydrogens (tertiary/aromatic N) is 5. The minimum Gasteiger partial charge on any atom is -0.465 e. The van der Waals surface area contributed by atoms with Crippen molar-refractivity contribution in [1.29, 1.82) is 0 Å². The molecule has 0 aliphatic carbocycles. The Kier molecular flexibility index (Phi) is 12.6. The van der Waals surface area contributed by atoms with Crippen LogP contribution in [0.5, 0.6) is 0 Å². The molecule has 2 fully saturated rings. The average Bonchev–Trinajstić information content (AvgIpc) is 3.54. The van der Waals surface area contributed by atoms with E-state index in [4.69, 9.17) is 23.5 Å². The van der Waals surface area contributed by atoms with Crippen molar-refractivity contribution in [3.8, 4) is 0 Å². The second kappa shape index (κ2) is 15.9. The highest BCUT2D eigenvalue weighted by molar-refractivity contribution is 7.54. The van der Waals surface area contributed by atoms with Gasteiger partial charge in [0, 0.05) is 13.1 Å². The second-order valence-corrected chi connectivity index (χ2v) is 14.6. The van der Waals surface area contributed by atoms with Crippen LogP contribution in [0.2, 0.25) is 0 Å². The van der Waals surface area contributed by atoms with Crippen molar-refractivity contribution in [3.63, 3.8) is 0 Å². The lowest BCUT2D eigenvalue weighted by Gasteiger charge is -2.31. The summed E-state index contributed by atoms with van der Waals surface area (Å²) in [5, 5.41) is 28.4. The Bertz CT molecular complexity index is 1430. The van der Waals surface area contributed by atoms with Crippen LogP contribution in [-0.4, -0.2) is 118 Å². The zero-order valence-corrected chi connectivity index (χ0v) is 29.8. The van der Waals surface area contributed by atoms with E-state index in [9.17, 15) is 24.4 Å². The summed E-state index contributed by atoms with van der Waals surface area (Å²) >= 11 is 0. The van der Waals surface area contributed by atoms with Crippen LogP contribution in [0.4, 0.5) is 5.82 Å². The SMILES string of the molecule is CCOC(=O)[C@@H](NP(=O)(N[C@H](C(=O)OCC)C(C)C)OC[C@H]1O[C@@H](n2cnc3c(N4CCOCC4)nc(C)nc32)C(C)(O)[C@H]1O)C(C)C. The van der Waals surface area contributed by atoms with Gasteiger partial charge >= 0.3 is 19.6 Å². The van der Waals surface area contributed by atoms with Gasteiger partial charge in [0.2, 0.25) is 0 Å². The van der Waals surface area contributed by atoms with E-state index in [-0.39, 0.29) is 25.0 Å². The molecule has 2 aliphatic rings. The summed E-state index contributed by atoms with van der Waals surface area (Å²) in [6, 6.07) is -2.16. The van der Waals surface area contributed by atoms with E-state index in [1.807, 2.05) is 0 Å². The van der Waals surface area contributed by atoms with Gasteiger partial charge < -0.3 is 38.6 Å². The van der Waals surface area contributed by atoms with Crippen molar-refractivity contribution < 1.29 is 47.8 Å². The molecule has 0 spiro atoms. The molecule has 6 atom stereocenters. The number of esters is 2. The van der Waals surface area contributed by atoms with Gasteiger partial charge in [-0.3, -0.25) is 18.7 Å². The van der Waals surface area contributed by atoms with E-state index in [1.165, 1.54) is 17.8 Å². The van der Waals surface area contributed by atoms with E-state index in [0.717, 1.165) is 0 Å². The van der Waals surface area contributed by atoms with Crippen LogP contribution in [0.1, 0.15) is 60.5 Å². The van der Waals surface area contributed by atoms with E-state index in [0.29, 0.717) is 49.1 Å². The number of rotatable bonds is 15. The number of anilines is 1. The Morgan fingerprint density at radius 3 is 2.15 bits per heavy atom. The van der Waals surface area contributed by atoms with Crippen molar-refractivity contribution in [3.05, 3.63) is 12.2 Å². The number of imidazole rings is 1. The topological polar surface area (TPSA) is 209 Å². The molecule has 2 aromatic heterocycles. The molecular weight excluding hydrogens is 649 g/mol. The smallest absolute Gasteiger partial charge is 0.342 e. The fraction of sp³-hybridized carbons (Fsp3) is 0.767. The molecule has 18 heteroatoms. The molecule has 2 saturated heterocycles. The number of aliphatic hydroxyl groups excluding tert-OH is 1. The molecule has 0 bridgehead atoms. The summed E-state index contributed by atoms with van der Waals surface area (Å²) in [5.74, 6) is -0.984. The number of aromatic nitrogens is 4. The fourth-order valence-corrected chi connectivity index (χ4v) is 7.74. The molecule has 0 radical (unpaired) electrons. The van der Waals surface area contributed by atoms with Crippen LogP contribution >= 0.6 is 7.67 Å². The lowest BCUT2D eigenvalue weighted by molar-refractivity contribution is -0.146. The molecule has 0 amide bonds. The number of ether oxygens (including phenoxy) is 4. The lowest BCUT2D eigenvalue weighted by Crippen LogP contribution is -2.49. The first kappa shape index (κ1) is 38.0. The first-order valence-electron chi connectivity index (χ1n) is 16.4. The van der Waals surface area contributed by atoms with Gasteiger partial charge in [0.15, 0.2) is 23.2 Å². The van der Waals surface area contributed by atoms with E-state index in [2.05, 4.69) is 30.0 Å². The number of fused-ring (bicyclic) bond motifs is 1. The Hall–Kier alpha value is -2.76. The predicted molar refractivity (Wildman–Crippen MR) is 174 cm³/mol. The maximum absolute atomic E-state index is 14.5. The first-order valence-corrected chi connectivity index (χ1v) is 18.0. The van der Waals surface area contributed by atoms with Crippen LogP contribution in [0.15, 0.2) is 6.33 Å². The molecule has 0 saturated carbocycles. The van der Waals surface area contributed by atoms with Crippen molar-refractivity contribution in [2.24, 2.45) is 11.8 Å². The zero-order chi connectivity index (χ0) is 35.4. The maximum atomic E-state index is 14.5. The summed E-state index contributed by atoms with van der Waals surface area (Å²) in [6.45, 7) is 15.4. The number of aryl methyl sites for hydroxylation is 1. The van der Waals surface area contributed by atoms with Crippen molar-refractivity contribution in [2.45, 2.75) is 91.5 Å². The number of nitrogens with one attached hydrogen (secondary N) is 2. The van der Waals surface area contributed by atoms with Crippen LogP contribution in [-0.2, 0) is 37.6 Å². The minimum atomic E-state index is -4.29. The number of hydrogen-bond donors (Lipinski definition) is 4. The number of carbonyl (C=O) groups is 2. The second-order valence-electron chi connectivity index (χ2n) is 12.8. The molecule has 48 heavy (non-hydrogen) atoms. The maximum Gasteiger partial charge on any atom is 0.342 e. The van der Waals surface area contributed by atoms with Gasteiger partial charge in [0.1, 0.15) is 35.7 Å². The van der Waals surface area contributed by atoms with Crippen LogP contribution in [0.25, 0.3) is 11.2 Å². The molecule has 4 N–H and O–H groups in total. The minimum absolute atomic E-state index is 0.0969. The van der Waals surface area contributed by atoms with E-state index in [1.54, 1.807) is 48.5 Å². The van der Waals surface area contributed by atoms with Gasteiger partial charge in [-0.25, -0.2) is 25.1 Å². The van der Waals surface area contributed by atoms with Gasteiger partial charge in [-0.05, 0) is 39.5 Å². The molecular formula is C30H50N7O10P. The number of carbonyl (C=O) groups excluding carboxylic acids is 2. The summed E-state index contributed by atoms with van der Waals surface area (Å²) < 4.78 is 44.0. The summed E-state index contributed by atoms with van der Waals surface area (Å²) in [7, 11) is -4.29. The fourth-order valence-electron chi connectivity index (χ4n) is 5.62. The van der Waals surface area contributed by atoms with E-state index < -0.39 is 62.3 Å².